The number of fused-ring (bicyclic) bond motifs is 2. The van der Waals surface area contributed by atoms with E-state index in [0.717, 1.165) is 66.6 Å². The van der Waals surface area contributed by atoms with Gasteiger partial charge in [-0.15, -0.1) is 0 Å². The van der Waals surface area contributed by atoms with Gasteiger partial charge in [-0.1, -0.05) is 133 Å². The van der Waals surface area contributed by atoms with Crippen molar-refractivity contribution in [1.82, 2.24) is 19.8 Å². The lowest BCUT2D eigenvalue weighted by Gasteiger charge is -2.22. The van der Waals surface area contributed by atoms with Crippen molar-refractivity contribution in [3.63, 3.8) is 0 Å². The third-order valence-electron chi connectivity index (χ3n) is 8.03. The lowest BCUT2D eigenvalue weighted by molar-refractivity contribution is 0.285. The van der Waals surface area contributed by atoms with Crippen molar-refractivity contribution in [2.24, 2.45) is 0 Å². The number of pyridine rings is 1. The maximum absolute atomic E-state index is 12.5. The van der Waals surface area contributed by atoms with Crippen LogP contribution in [0, 0.1) is 0 Å². The molecule has 50 heavy (non-hydrogen) atoms. The van der Waals surface area contributed by atoms with Crippen molar-refractivity contribution in [3.8, 4) is 11.3 Å². The predicted molar refractivity (Wildman–Crippen MR) is 221 cm³/mol. The zero-order valence-electron chi connectivity index (χ0n) is 32.1. The van der Waals surface area contributed by atoms with Crippen LogP contribution in [0.1, 0.15) is 78.9 Å². The van der Waals surface area contributed by atoms with Gasteiger partial charge in [-0.3, -0.25) is 9.69 Å². The third-order valence-corrected chi connectivity index (χ3v) is 8.03. The molecule has 0 saturated carbocycles. The highest BCUT2D eigenvalue weighted by Gasteiger charge is 2.10. The number of nitrogens with one attached hydrogen (secondary N) is 2. The van der Waals surface area contributed by atoms with Crippen LogP contribution in [0.2, 0.25) is 0 Å². The SMILES string of the molecule is C=C/C(=C\C=C/C)CN(CCCC)Cc1ccccc1.CC.CC.CCCN(C)Cc1ccc2[nH]c(-c3cc4ccccc4[nH]c3=O)cc2c1. The van der Waals surface area contributed by atoms with E-state index in [2.05, 4.69) is 120 Å². The highest BCUT2D eigenvalue weighted by Crippen LogP contribution is 2.25. The fraction of sp³-hybridized carbons (Fsp3) is 0.356. The smallest absolute Gasteiger partial charge is 0.257 e. The van der Waals surface area contributed by atoms with Gasteiger partial charge in [0.1, 0.15) is 0 Å². The number of H-pyrrole nitrogens is 2. The number of benzene rings is 3. The van der Waals surface area contributed by atoms with Crippen molar-refractivity contribution in [2.45, 2.75) is 80.8 Å². The largest absolute Gasteiger partial charge is 0.354 e. The van der Waals surface area contributed by atoms with Gasteiger partial charge in [0.05, 0.1) is 11.3 Å². The number of para-hydroxylation sites is 1. The van der Waals surface area contributed by atoms with Crippen LogP contribution in [0.15, 0.2) is 126 Å². The molecule has 0 radical (unpaired) electrons. The summed E-state index contributed by atoms with van der Waals surface area (Å²) in [5, 5.41) is 2.16. The summed E-state index contributed by atoms with van der Waals surface area (Å²) in [7, 11) is 2.14. The molecule has 0 aliphatic rings. The first-order valence-corrected chi connectivity index (χ1v) is 18.6. The van der Waals surface area contributed by atoms with Crippen molar-refractivity contribution >= 4 is 21.8 Å². The summed E-state index contributed by atoms with van der Waals surface area (Å²) in [6.07, 6.45) is 11.9. The van der Waals surface area contributed by atoms with E-state index in [4.69, 9.17) is 0 Å². The molecule has 0 unspecified atom stereocenters. The van der Waals surface area contributed by atoms with Gasteiger partial charge in [0.2, 0.25) is 0 Å². The maximum Gasteiger partial charge on any atom is 0.257 e. The van der Waals surface area contributed by atoms with Crippen LogP contribution >= 0.6 is 0 Å². The Kier molecular flexibility index (Phi) is 19.9. The number of allylic oxidation sites excluding steroid dienone is 3. The molecular formula is C45H62N4O. The highest BCUT2D eigenvalue weighted by atomic mass is 16.1. The monoisotopic (exact) mass is 674 g/mol. The molecule has 0 aliphatic heterocycles. The minimum absolute atomic E-state index is 0.0711. The van der Waals surface area contributed by atoms with E-state index in [0.29, 0.717) is 5.56 Å². The molecule has 0 atom stereocenters. The molecule has 0 aliphatic carbocycles. The van der Waals surface area contributed by atoms with Gasteiger partial charge in [0.25, 0.3) is 5.56 Å². The average molecular weight is 675 g/mol. The molecule has 0 saturated heterocycles. The Morgan fingerprint density at radius 2 is 1.46 bits per heavy atom. The second kappa shape index (κ2) is 23.8. The molecule has 0 fully saturated rings. The van der Waals surface area contributed by atoms with E-state index in [1.165, 1.54) is 29.5 Å². The van der Waals surface area contributed by atoms with Crippen LogP contribution in [0.5, 0.6) is 0 Å². The minimum atomic E-state index is -0.0711. The topological polar surface area (TPSA) is 55.1 Å². The van der Waals surface area contributed by atoms with Crippen molar-refractivity contribution < 1.29 is 0 Å². The summed E-state index contributed by atoms with van der Waals surface area (Å²) >= 11 is 0. The molecule has 5 rings (SSSR count). The summed E-state index contributed by atoms with van der Waals surface area (Å²) in [5.74, 6) is 0. The maximum atomic E-state index is 12.5. The Morgan fingerprint density at radius 1 is 0.760 bits per heavy atom. The first-order chi connectivity index (χ1) is 24.4. The molecule has 2 heterocycles. The molecule has 3 aromatic carbocycles. The summed E-state index contributed by atoms with van der Waals surface area (Å²) in [4.78, 5) is 23.7. The molecule has 2 aromatic heterocycles. The van der Waals surface area contributed by atoms with Crippen LogP contribution in [-0.4, -0.2) is 46.4 Å². The van der Waals surface area contributed by atoms with Crippen LogP contribution in [-0.2, 0) is 13.1 Å². The Labute approximate surface area is 302 Å². The molecule has 0 bridgehead atoms. The van der Waals surface area contributed by atoms with E-state index < -0.39 is 0 Å². The van der Waals surface area contributed by atoms with Gasteiger partial charge in [-0.05, 0) is 92.3 Å². The predicted octanol–water partition coefficient (Wildman–Crippen LogP) is 11.5. The summed E-state index contributed by atoms with van der Waals surface area (Å²) in [5.41, 5.74) is 7.29. The molecule has 0 amide bonds. The van der Waals surface area contributed by atoms with Crippen LogP contribution in [0.4, 0.5) is 0 Å². The number of nitrogens with zero attached hydrogens (tertiary/aromatic N) is 2. The van der Waals surface area contributed by atoms with Gasteiger partial charge in [-0.2, -0.15) is 0 Å². The standard InChI is InChI=1S/C22H23N3O.C19H27N.2C2H6/c1-3-10-25(2)14-15-8-9-20-17(11-15)13-21(23-20)18-12-16-6-4-5-7-19(16)24-22(18)26;1-4-7-12-18(6-3)16-20(15-8-5-2)17-19-13-10-9-11-14-19;2*1-2/h4-9,11-13,23H,3,10,14H2,1-2H3,(H,24,26);4,6-7,9-14H,3,5,8,15-17H2,1-2H3;2*1-2H3/b;7-4-,18-12+;;. The molecule has 2 N–H and O–H groups in total. The summed E-state index contributed by atoms with van der Waals surface area (Å²) in [6.45, 7) is 23.5. The molecule has 5 heteroatoms. The molecule has 5 nitrogen and oxygen atoms in total. The van der Waals surface area contributed by atoms with Gasteiger partial charge in [-0.25, -0.2) is 0 Å². The fourth-order valence-corrected chi connectivity index (χ4v) is 5.65. The number of hydrogen-bond acceptors (Lipinski definition) is 3. The lowest BCUT2D eigenvalue weighted by atomic mass is 10.1. The average Bonchev–Trinajstić information content (AvgIpc) is 3.57. The van der Waals surface area contributed by atoms with E-state index in [1.54, 1.807) is 0 Å². The number of aromatic nitrogens is 2. The van der Waals surface area contributed by atoms with Gasteiger partial charge in [0, 0.05) is 36.1 Å². The Balaban J connectivity index is 0.000000326. The Bertz CT molecular complexity index is 1790. The quantitative estimate of drug-likeness (QED) is 0.115. The fourth-order valence-electron chi connectivity index (χ4n) is 5.65. The zero-order chi connectivity index (χ0) is 36.7. The van der Waals surface area contributed by atoms with Crippen LogP contribution in [0.3, 0.4) is 0 Å². The number of unbranched alkanes of at least 4 members (excludes halogenated alkanes) is 1. The summed E-state index contributed by atoms with van der Waals surface area (Å²) < 4.78 is 0. The minimum Gasteiger partial charge on any atom is -0.354 e. The summed E-state index contributed by atoms with van der Waals surface area (Å²) in [6, 6.07) is 29.0. The van der Waals surface area contributed by atoms with E-state index in [-0.39, 0.29) is 5.56 Å². The molecule has 5 aromatic rings. The Hall–Kier alpha value is -4.45. The molecule has 0 spiro atoms. The second-order valence-electron chi connectivity index (χ2n) is 12.0. The number of aromatic amines is 2. The zero-order valence-corrected chi connectivity index (χ0v) is 32.1. The van der Waals surface area contributed by atoms with Crippen molar-refractivity contribution in [3.05, 3.63) is 143 Å². The van der Waals surface area contributed by atoms with Crippen LogP contribution in [0.25, 0.3) is 33.1 Å². The van der Waals surface area contributed by atoms with Crippen LogP contribution < -0.4 is 5.56 Å². The molecular weight excluding hydrogens is 613 g/mol. The van der Waals surface area contributed by atoms with Gasteiger partial charge in [0.15, 0.2) is 0 Å². The first kappa shape index (κ1) is 41.7. The lowest BCUT2D eigenvalue weighted by Crippen LogP contribution is -2.26. The van der Waals surface area contributed by atoms with Gasteiger partial charge >= 0.3 is 0 Å². The highest BCUT2D eigenvalue weighted by molar-refractivity contribution is 5.89. The first-order valence-electron chi connectivity index (χ1n) is 18.6. The number of hydrogen-bond donors (Lipinski definition) is 2. The third kappa shape index (κ3) is 13.5. The normalized spacial score (nSPS) is 11.2. The van der Waals surface area contributed by atoms with Gasteiger partial charge < -0.3 is 14.9 Å². The van der Waals surface area contributed by atoms with E-state index in [9.17, 15) is 4.79 Å². The molecule has 268 valence electrons. The van der Waals surface area contributed by atoms with Crippen molar-refractivity contribution in [1.29, 1.82) is 0 Å². The van der Waals surface area contributed by atoms with E-state index >= 15 is 0 Å². The van der Waals surface area contributed by atoms with E-state index in [1.807, 2.05) is 71.0 Å². The Morgan fingerprint density at radius 3 is 2.14 bits per heavy atom. The second-order valence-corrected chi connectivity index (χ2v) is 12.0. The van der Waals surface area contributed by atoms with Crippen molar-refractivity contribution in [2.75, 3.05) is 26.7 Å². The number of rotatable bonds is 14.